The second-order valence-electron chi connectivity index (χ2n) is 4.42. The van der Waals surface area contributed by atoms with Crippen LogP contribution in [0.1, 0.15) is 18.5 Å². The molecule has 3 nitrogen and oxygen atoms in total. The fourth-order valence-electron chi connectivity index (χ4n) is 2.02. The van der Waals surface area contributed by atoms with Gasteiger partial charge in [-0.2, -0.15) is 0 Å². The molecule has 106 valence electrons. The van der Waals surface area contributed by atoms with Gasteiger partial charge in [-0.1, -0.05) is 18.2 Å². The minimum Gasteiger partial charge on any atom is -0.383 e. The minimum atomic E-state index is -0.211. The maximum Gasteiger partial charge on any atom is 0.146 e. The lowest BCUT2D eigenvalue weighted by molar-refractivity contribution is 0.205. The maximum absolute atomic E-state index is 14.2. The van der Waals surface area contributed by atoms with Gasteiger partial charge in [0.25, 0.3) is 0 Å². The molecule has 0 radical (unpaired) electrons. The molecule has 0 amide bonds. The van der Waals surface area contributed by atoms with Gasteiger partial charge in [-0.05, 0) is 25.6 Å². The van der Waals surface area contributed by atoms with Crippen molar-refractivity contribution in [3.05, 3.63) is 42.2 Å². The summed E-state index contributed by atoms with van der Waals surface area (Å²) in [5.74, 6) is -0.211. The molecule has 19 heavy (non-hydrogen) atoms. The summed E-state index contributed by atoms with van der Waals surface area (Å²) in [6.45, 7) is 7.53. The molecule has 1 aromatic rings. The third-order valence-electron chi connectivity index (χ3n) is 3.15. The summed E-state index contributed by atoms with van der Waals surface area (Å²) in [5, 5.41) is 3.15. The van der Waals surface area contributed by atoms with E-state index in [4.69, 9.17) is 4.74 Å². The third kappa shape index (κ3) is 4.04. The first-order valence-electron chi connectivity index (χ1n) is 6.46. The van der Waals surface area contributed by atoms with Crippen molar-refractivity contribution < 1.29 is 9.13 Å². The lowest BCUT2D eigenvalue weighted by Gasteiger charge is -2.28. The highest BCUT2D eigenvalue weighted by atomic mass is 19.1. The van der Waals surface area contributed by atoms with Crippen molar-refractivity contribution in [2.75, 3.05) is 38.8 Å². The van der Waals surface area contributed by atoms with E-state index in [1.165, 1.54) is 6.07 Å². The van der Waals surface area contributed by atoms with E-state index in [9.17, 15) is 4.39 Å². The highest BCUT2D eigenvalue weighted by Gasteiger charge is 2.18. The molecule has 0 aliphatic rings. The predicted octanol–water partition coefficient (Wildman–Crippen LogP) is 2.74. The van der Waals surface area contributed by atoms with E-state index in [1.54, 1.807) is 19.3 Å². The molecule has 1 rings (SSSR count). The molecular formula is C15H23FN2O. The molecular weight excluding hydrogens is 243 g/mol. The van der Waals surface area contributed by atoms with Gasteiger partial charge in [-0.3, -0.25) is 0 Å². The van der Waals surface area contributed by atoms with Crippen LogP contribution in [0, 0.1) is 5.82 Å². The molecule has 0 heterocycles. The van der Waals surface area contributed by atoms with E-state index in [2.05, 4.69) is 11.9 Å². The van der Waals surface area contributed by atoms with E-state index in [0.717, 1.165) is 5.56 Å². The summed E-state index contributed by atoms with van der Waals surface area (Å²) < 4.78 is 19.3. The largest absolute Gasteiger partial charge is 0.383 e. The van der Waals surface area contributed by atoms with Crippen molar-refractivity contribution in [2.45, 2.75) is 13.0 Å². The summed E-state index contributed by atoms with van der Waals surface area (Å²) in [6, 6.07) is 5.26. The first kappa shape index (κ1) is 15.7. The molecule has 1 N–H and O–H groups in total. The monoisotopic (exact) mass is 266 g/mol. The first-order valence-corrected chi connectivity index (χ1v) is 6.46. The Bertz CT molecular complexity index is 409. The van der Waals surface area contributed by atoms with Crippen LogP contribution in [0.25, 0.3) is 0 Å². The van der Waals surface area contributed by atoms with Gasteiger partial charge in [0.2, 0.25) is 0 Å². The van der Waals surface area contributed by atoms with Crippen LogP contribution in [0.4, 0.5) is 10.1 Å². The van der Waals surface area contributed by atoms with Crippen LogP contribution in [-0.2, 0) is 4.74 Å². The topological polar surface area (TPSA) is 24.5 Å². The molecule has 0 saturated heterocycles. The van der Waals surface area contributed by atoms with Gasteiger partial charge < -0.3 is 15.0 Å². The van der Waals surface area contributed by atoms with E-state index in [0.29, 0.717) is 25.4 Å². The molecule has 0 saturated carbocycles. The Morgan fingerprint density at radius 2 is 2.26 bits per heavy atom. The zero-order chi connectivity index (χ0) is 14.3. The highest BCUT2D eigenvalue weighted by Crippen LogP contribution is 2.29. The molecule has 0 aliphatic carbocycles. The lowest BCUT2D eigenvalue weighted by Crippen LogP contribution is -2.30. The fourth-order valence-corrected chi connectivity index (χ4v) is 2.02. The van der Waals surface area contributed by atoms with Gasteiger partial charge in [0.1, 0.15) is 5.82 Å². The first-order chi connectivity index (χ1) is 9.15. The molecule has 0 aliphatic heterocycles. The number of para-hydroxylation sites is 1. The minimum absolute atomic E-state index is 0.0839. The van der Waals surface area contributed by atoms with E-state index >= 15 is 0 Å². The maximum atomic E-state index is 14.2. The summed E-state index contributed by atoms with van der Waals surface area (Å²) >= 11 is 0. The zero-order valence-corrected chi connectivity index (χ0v) is 11.9. The van der Waals surface area contributed by atoms with E-state index in [-0.39, 0.29) is 11.9 Å². The third-order valence-corrected chi connectivity index (χ3v) is 3.15. The van der Waals surface area contributed by atoms with Gasteiger partial charge in [0, 0.05) is 26.2 Å². The van der Waals surface area contributed by atoms with Crippen LogP contribution >= 0.6 is 0 Å². The molecule has 1 aromatic carbocycles. The predicted molar refractivity (Wildman–Crippen MR) is 78.2 cm³/mol. The molecule has 1 unspecified atom stereocenters. The van der Waals surface area contributed by atoms with Crippen molar-refractivity contribution in [3.8, 4) is 0 Å². The highest BCUT2D eigenvalue weighted by molar-refractivity contribution is 5.56. The van der Waals surface area contributed by atoms with Gasteiger partial charge in [0.05, 0.1) is 12.3 Å². The zero-order valence-electron chi connectivity index (χ0n) is 11.9. The number of hydrogen-bond donors (Lipinski definition) is 1. The van der Waals surface area contributed by atoms with Crippen molar-refractivity contribution in [2.24, 2.45) is 0 Å². The summed E-state index contributed by atoms with van der Waals surface area (Å²) in [5.41, 5.74) is 1.57. The van der Waals surface area contributed by atoms with Crippen LogP contribution in [0.15, 0.2) is 30.9 Å². The number of benzene rings is 1. The van der Waals surface area contributed by atoms with Crippen molar-refractivity contribution in [3.63, 3.8) is 0 Å². The van der Waals surface area contributed by atoms with E-state index in [1.807, 2.05) is 24.9 Å². The fraction of sp³-hybridized carbons (Fsp3) is 0.467. The van der Waals surface area contributed by atoms with Crippen LogP contribution in [-0.4, -0.2) is 33.9 Å². The number of ether oxygens (including phenoxy) is 1. The lowest BCUT2D eigenvalue weighted by atomic mass is 10.0. The molecule has 4 heteroatoms. The second-order valence-corrected chi connectivity index (χ2v) is 4.42. The second kappa shape index (κ2) is 7.92. The van der Waals surface area contributed by atoms with Crippen LogP contribution in [0.2, 0.25) is 0 Å². The Hall–Kier alpha value is -1.39. The molecule has 0 spiro atoms. The number of halogens is 1. The Kier molecular flexibility index (Phi) is 6.53. The van der Waals surface area contributed by atoms with Gasteiger partial charge in [-0.25, -0.2) is 4.39 Å². The van der Waals surface area contributed by atoms with Gasteiger partial charge >= 0.3 is 0 Å². The Morgan fingerprint density at radius 1 is 1.53 bits per heavy atom. The smallest absolute Gasteiger partial charge is 0.146 e. The Balaban J connectivity index is 3.14. The summed E-state index contributed by atoms with van der Waals surface area (Å²) in [4.78, 5) is 1.95. The van der Waals surface area contributed by atoms with Crippen molar-refractivity contribution >= 4 is 5.69 Å². The summed E-state index contributed by atoms with van der Waals surface area (Å²) in [7, 11) is 3.51. The van der Waals surface area contributed by atoms with Gasteiger partial charge in [-0.15, -0.1) is 6.58 Å². The standard InChI is InChI=1S/C15H23FN2O/c1-5-9-18(10-11-19-4)15-13(12(2)17-3)7-6-8-14(15)16/h5-8,12,17H,1,9-11H2,2-4H3. The molecule has 0 fully saturated rings. The Labute approximate surface area is 115 Å². The molecule has 0 aromatic heterocycles. The summed E-state index contributed by atoms with van der Waals surface area (Å²) in [6.07, 6.45) is 1.77. The van der Waals surface area contributed by atoms with Crippen molar-refractivity contribution in [1.82, 2.24) is 5.32 Å². The number of nitrogens with one attached hydrogen (secondary N) is 1. The number of anilines is 1. The van der Waals surface area contributed by atoms with Gasteiger partial charge in [0.15, 0.2) is 0 Å². The average Bonchev–Trinajstić information content (AvgIpc) is 2.42. The normalized spacial score (nSPS) is 12.2. The van der Waals surface area contributed by atoms with Crippen LogP contribution in [0.3, 0.4) is 0 Å². The van der Waals surface area contributed by atoms with Crippen LogP contribution < -0.4 is 10.2 Å². The quantitative estimate of drug-likeness (QED) is 0.732. The Morgan fingerprint density at radius 3 is 2.84 bits per heavy atom. The average molecular weight is 266 g/mol. The number of nitrogens with zero attached hydrogens (tertiary/aromatic N) is 1. The van der Waals surface area contributed by atoms with E-state index < -0.39 is 0 Å². The van der Waals surface area contributed by atoms with Crippen molar-refractivity contribution in [1.29, 1.82) is 0 Å². The number of methoxy groups -OCH3 is 1. The SMILES string of the molecule is C=CCN(CCOC)c1c(F)cccc1C(C)NC. The molecule has 0 bridgehead atoms. The molecule has 1 atom stereocenters. The number of rotatable bonds is 8. The number of hydrogen-bond acceptors (Lipinski definition) is 3. The van der Waals surface area contributed by atoms with Crippen LogP contribution in [0.5, 0.6) is 0 Å².